The van der Waals surface area contributed by atoms with Crippen LogP contribution in [0.4, 0.5) is 23.2 Å². The molecule has 110 valence electrons. The molecule has 1 aliphatic heterocycles. The van der Waals surface area contributed by atoms with Crippen LogP contribution in [0.15, 0.2) is 18.2 Å². The van der Waals surface area contributed by atoms with E-state index < -0.39 is 29.2 Å². The predicted octanol–water partition coefficient (Wildman–Crippen LogP) is 2.33. The molecule has 0 saturated carbocycles. The Labute approximate surface area is 115 Å². The molecule has 1 aliphatic rings. The fourth-order valence-corrected chi connectivity index (χ4v) is 2.52. The van der Waals surface area contributed by atoms with Crippen molar-refractivity contribution in [3.63, 3.8) is 0 Å². The maximum Gasteiger partial charge on any atom is 0.573 e. The van der Waals surface area contributed by atoms with E-state index in [1.807, 2.05) is 0 Å². The van der Waals surface area contributed by atoms with Gasteiger partial charge in [-0.3, -0.25) is 10.1 Å². The standard InChI is InChI=1S/C11H10F4N2O2S/c12-8-6(17-9(18)10-16-4-5-20-10)2-1-3-7(8)19-11(13,14)15/h1-3,10,16H,4-5H2,(H,17,18)/t10-/m0/s1. The molecule has 9 heteroatoms. The number of carbonyl (C=O) groups is 1. The van der Waals surface area contributed by atoms with Crippen molar-refractivity contribution in [2.45, 2.75) is 11.7 Å². The number of anilines is 1. The minimum absolute atomic E-state index is 0.356. The highest BCUT2D eigenvalue weighted by Gasteiger charge is 2.33. The lowest BCUT2D eigenvalue weighted by atomic mass is 10.2. The van der Waals surface area contributed by atoms with Gasteiger partial charge in [0.1, 0.15) is 5.37 Å². The van der Waals surface area contributed by atoms with Crippen LogP contribution in [0.5, 0.6) is 5.75 Å². The number of hydrogen-bond donors (Lipinski definition) is 2. The first kappa shape index (κ1) is 14.9. The summed E-state index contributed by atoms with van der Waals surface area (Å²) in [6, 6.07) is 3.16. The minimum atomic E-state index is -4.99. The molecule has 0 radical (unpaired) electrons. The summed E-state index contributed by atoms with van der Waals surface area (Å²) in [5.74, 6) is -2.03. The van der Waals surface area contributed by atoms with Crippen LogP contribution < -0.4 is 15.4 Å². The van der Waals surface area contributed by atoms with Crippen LogP contribution in [0.25, 0.3) is 0 Å². The van der Waals surface area contributed by atoms with Crippen molar-refractivity contribution in [1.82, 2.24) is 5.32 Å². The Morgan fingerprint density at radius 2 is 2.20 bits per heavy atom. The highest BCUT2D eigenvalue weighted by molar-refractivity contribution is 8.00. The average Bonchev–Trinajstić information content (AvgIpc) is 2.86. The number of nitrogens with one attached hydrogen (secondary N) is 2. The second-order valence-corrected chi connectivity index (χ2v) is 5.07. The summed E-state index contributed by atoms with van der Waals surface area (Å²) in [6.45, 7) is 0.641. The second-order valence-electron chi connectivity index (χ2n) is 3.86. The molecule has 1 saturated heterocycles. The summed E-state index contributed by atoms with van der Waals surface area (Å²) in [7, 11) is 0. The zero-order valence-electron chi connectivity index (χ0n) is 9.96. The van der Waals surface area contributed by atoms with Gasteiger partial charge in [0.25, 0.3) is 5.91 Å². The zero-order chi connectivity index (χ0) is 14.8. The number of hydrogen-bond acceptors (Lipinski definition) is 4. The molecule has 1 aromatic rings. The van der Waals surface area contributed by atoms with E-state index in [1.54, 1.807) is 0 Å². The molecule has 2 N–H and O–H groups in total. The summed E-state index contributed by atoms with van der Waals surface area (Å²) < 4.78 is 53.5. The van der Waals surface area contributed by atoms with Crippen molar-refractivity contribution < 1.29 is 27.1 Å². The van der Waals surface area contributed by atoms with Crippen molar-refractivity contribution in [3.8, 4) is 5.75 Å². The summed E-state index contributed by atoms with van der Waals surface area (Å²) in [4.78, 5) is 11.7. The Morgan fingerprint density at radius 1 is 1.45 bits per heavy atom. The van der Waals surface area contributed by atoms with Gasteiger partial charge in [-0.25, -0.2) is 4.39 Å². The first-order chi connectivity index (χ1) is 9.37. The molecular formula is C11H10F4N2O2S. The SMILES string of the molecule is O=C(Nc1cccc(OC(F)(F)F)c1F)[C@H]1NCCS1. The second kappa shape index (κ2) is 5.88. The van der Waals surface area contributed by atoms with Crippen LogP contribution >= 0.6 is 11.8 Å². The van der Waals surface area contributed by atoms with Gasteiger partial charge in [-0.1, -0.05) is 6.07 Å². The molecule has 0 unspecified atom stereocenters. The number of carbonyl (C=O) groups excluding carboxylic acids is 1. The van der Waals surface area contributed by atoms with E-state index in [-0.39, 0.29) is 5.69 Å². The van der Waals surface area contributed by atoms with Gasteiger partial charge in [0.2, 0.25) is 0 Å². The van der Waals surface area contributed by atoms with Crippen LogP contribution in [0, 0.1) is 5.82 Å². The summed E-state index contributed by atoms with van der Waals surface area (Å²) >= 11 is 1.33. The van der Waals surface area contributed by atoms with Gasteiger partial charge in [-0.05, 0) is 12.1 Å². The molecule has 0 aliphatic carbocycles. The number of alkyl halides is 3. The Balaban J connectivity index is 2.12. The predicted molar refractivity (Wildman–Crippen MR) is 66.0 cm³/mol. The number of rotatable bonds is 3. The lowest BCUT2D eigenvalue weighted by Gasteiger charge is -2.14. The summed E-state index contributed by atoms with van der Waals surface area (Å²) in [5, 5.41) is 4.56. The zero-order valence-corrected chi connectivity index (χ0v) is 10.8. The van der Waals surface area contributed by atoms with E-state index >= 15 is 0 Å². The Bertz CT molecular complexity index is 504. The molecular weight excluding hydrogens is 300 g/mol. The Morgan fingerprint density at radius 3 is 2.80 bits per heavy atom. The molecule has 1 atom stereocenters. The Hall–Kier alpha value is -1.48. The van der Waals surface area contributed by atoms with Gasteiger partial charge in [0.15, 0.2) is 11.6 Å². The molecule has 1 aromatic carbocycles. The van der Waals surface area contributed by atoms with Crippen molar-refractivity contribution in [1.29, 1.82) is 0 Å². The van der Waals surface area contributed by atoms with Gasteiger partial charge in [0.05, 0.1) is 5.69 Å². The largest absolute Gasteiger partial charge is 0.573 e. The van der Waals surface area contributed by atoms with E-state index in [0.29, 0.717) is 6.54 Å². The maximum absolute atomic E-state index is 13.8. The highest BCUT2D eigenvalue weighted by atomic mass is 32.2. The Kier molecular flexibility index (Phi) is 4.39. The third kappa shape index (κ3) is 3.76. The molecule has 0 aromatic heterocycles. The van der Waals surface area contributed by atoms with E-state index in [4.69, 9.17) is 0 Å². The molecule has 4 nitrogen and oxygen atoms in total. The molecule has 0 bridgehead atoms. The minimum Gasteiger partial charge on any atom is -0.403 e. The quantitative estimate of drug-likeness (QED) is 0.841. The normalized spacial score (nSPS) is 18.9. The summed E-state index contributed by atoms with van der Waals surface area (Å²) in [5.41, 5.74) is -0.356. The van der Waals surface area contributed by atoms with Gasteiger partial charge >= 0.3 is 6.36 Å². The smallest absolute Gasteiger partial charge is 0.403 e. The summed E-state index contributed by atoms with van der Waals surface area (Å²) in [6.07, 6.45) is -4.99. The monoisotopic (exact) mass is 310 g/mol. The van der Waals surface area contributed by atoms with Crippen LogP contribution in [-0.2, 0) is 4.79 Å². The number of ether oxygens (including phenoxy) is 1. The molecule has 1 amide bonds. The molecule has 1 heterocycles. The number of benzene rings is 1. The van der Waals surface area contributed by atoms with Crippen molar-refractivity contribution >= 4 is 23.4 Å². The van der Waals surface area contributed by atoms with Crippen molar-refractivity contribution in [2.24, 2.45) is 0 Å². The van der Waals surface area contributed by atoms with Gasteiger partial charge in [-0.2, -0.15) is 0 Å². The van der Waals surface area contributed by atoms with Gasteiger partial charge in [-0.15, -0.1) is 24.9 Å². The molecule has 1 fully saturated rings. The maximum atomic E-state index is 13.8. The number of thioether (sulfide) groups is 1. The van der Waals surface area contributed by atoms with Crippen LogP contribution in [-0.4, -0.2) is 29.9 Å². The molecule has 0 spiro atoms. The van der Waals surface area contributed by atoms with Crippen molar-refractivity contribution in [2.75, 3.05) is 17.6 Å². The number of halogens is 4. The van der Waals surface area contributed by atoms with E-state index in [9.17, 15) is 22.4 Å². The van der Waals surface area contributed by atoms with E-state index in [2.05, 4.69) is 15.4 Å². The van der Waals surface area contributed by atoms with Crippen LogP contribution in [0.2, 0.25) is 0 Å². The fraction of sp³-hybridized carbons (Fsp3) is 0.364. The highest BCUT2D eigenvalue weighted by Crippen LogP contribution is 2.30. The first-order valence-electron chi connectivity index (χ1n) is 5.57. The fourth-order valence-electron chi connectivity index (χ4n) is 1.60. The van der Waals surface area contributed by atoms with Gasteiger partial charge < -0.3 is 10.1 Å². The average molecular weight is 310 g/mol. The molecule has 2 rings (SSSR count). The lowest BCUT2D eigenvalue weighted by Crippen LogP contribution is -2.34. The van der Waals surface area contributed by atoms with Crippen LogP contribution in [0.1, 0.15) is 0 Å². The third-order valence-corrected chi connectivity index (χ3v) is 3.56. The molecule has 20 heavy (non-hydrogen) atoms. The van der Waals surface area contributed by atoms with Crippen LogP contribution in [0.3, 0.4) is 0 Å². The lowest BCUT2D eigenvalue weighted by molar-refractivity contribution is -0.275. The first-order valence-corrected chi connectivity index (χ1v) is 6.62. The number of amides is 1. The van der Waals surface area contributed by atoms with E-state index in [0.717, 1.165) is 24.0 Å². The van der Waals surface area contributed by atoms with E-state index in [1.165, 1.54) is 11.8 Å². The van der Waals surface area contributed by atoms with Crippen molar-refractivity contribution in [3.05, 3.63) is 24.0 Å². The third-order valence-electron chi connectivity index (χ3n) is 2.40. The van der Waals surface area contributed by atoms with Gasteiger partial charge in [0, 0.05) is 12.3 Å². The topological polar surface area (TPSA) is 50.4 Å².